The molecule has 182 valence electrons. The fraction of sp³-hybridized carbons (Fsp3) is 0.148. The third-order valence-corrected chi connectivity index (χ3v) is 6.37. The van der Waals surface area contributed by atoms with E-state index in [4.69, 9.17) is 26.1 Å². The van der Waals surface area contributed by atoms with Crippen molar-refractivity contribution in [3.63, 3.8) is 0 Å². The largest absolute Gasteiger partial charge is 0.497 e. The number of anilines is 1. The quantitative estimate of drug-likeness (QED) is 0.330. The molecule has 1 saturated heterocycles. The lowest BCUT2D eigenvalue weighted by molar-refractivity contribution is 0.0697. The molecular formula is C27H23N3O5S. The monoisotopic (exact) mass is 501 g/mol. The van der Waals surface area contributed by atoms with Gasteiger partial charge in [0.1, 0.15) is 29.1 Å². The highest BCUT2D eigenvalue weighted by Crippen LogP contribution is 2.46. The standard InChI is InChI=1S/C27H23N3O5S/c1-33-18-9-10-22(34-2)20(15-18)30-25(24(29-27(30)36)19-8-3-4-13-28-19)23-12-11-21(35-23)16-6-5-7-17(14-16)26(31)32/h3-15,24-25H,1-2H3,(H,29,36)(H,31,32)/t24-,25+/m0/s1. The number of pyridine rings is 1. The number of hydrogen-bond donors (Lipinski definition) is 2. The van der Waals surface area contributed by atoms with Gasteiger partial charge >= 0.3 is 5.97 Å². The molecule has 0 aliphatic carbocycles. The number of furan rings is 1. The van der Waals surface area contributed by atoms with E-state index < -0.39 is 12.0 Å². The Hall–Kier alpha value is -4.37. The highest BCUT2D eigenvalue weighted by Gasteiger charge is 2.43. The molecule has 0 radical (unpaired) electrons. The van der Waals surface area contributed by atoms with Gasteiger partial charge in [0, 0.05) is 17.8 Å². The van der Waals surface area contributed by atoms with E-state index in [0.717, 1.165) is 5.69 Å². The van der Waals surface area contributed by atoms with Crippen LogP contribution in [0.25, 0.3) is 11.3 Å². The van der Waals surface area contributed by atoms with Crippen LogP contribution in [-0.4, -0.2) is 35.4 Å². The number of aromatic nitrogens is 1. The molecule has 0 saturated carbocycles. The Morgan fingerprint density at radius 3 is 2.64 bits per heavy atom. The molecule has 2 aromatic heterocycles. The van der Waals surface area contributed by atoms with E-state index in [0.29, 0.717) is 39.4 Å². The van der Waals surface area contributed by atoms with Gasteiger partial charge in [-0.2, -0.15) is 0 Å². The van der Waals surface area contributed by atoms with Crippen molar-refractivity contribution in [1.29, 1.82) is 0 Å². The van der Waals surface area contributed by atoms with Crippen LogP contribution in [-0.2, 0) is 0 Å². The van der Waals surface area contributed by atoms with Crippen LogP contribution in [0.15, 0.2) is 83.4 Å². The van der Waals surface area contributed by atoms with Gasteiger partial charge in [-0.15, -0.1) is 0 Å². The van der Waals surface area contributed by atoms with Crippen molar-refractivity contribution in [3.8, 4) is 22.8 Å². The number of carboxylic acids is 1. The van der Waals surface area contributed by atoms with Crippen LogP contribution in [0, 0.1) is 0 Å². The SMILES string of the molecule is COc1ccc(OC)c(N2C(=S)N[C@@H](c3ccccn3)[C@H]2c2ccc(-c3cccc(C(=O)O)c3)o2)c1. The van der Waals surface area contributed by atoms with Crippen molar-refractivity contribution in [2.24, 2.45) is 0 Å². The normalized spacial score (nSPS) is 17.1. The summed E-state index contributed by atoms with van der Waals surface area (Å²) in [5, 5.41) is 13.3. The van der Waals surface area contributed by atoms with E-state index in [1.165, 1.54) is 0 Å². The number of carboxylic acid groups (broad SMARTS) is 1. The molecule has 8 nitrogen and oxygen atoms in total. The number of methoxy groups -OCH3 is 2. The maximum Gasteiger partial charge on any atom is 0.335 e. The van der Waals surface area contributed by atoms with Crippen molar-refractivity contribution >= 4 is 29.0 Å². The molecular weight excluding hydrogens is 478 g/mol. The highest BCUT2D eigenvalue weighted by molar-refractivity contribution is 7.80. The first-order chi connectivity index (χ1) is 17.5. The maximum atomic E-state index is 11.5. The molecule has 0 unspecified atom stereocenters. The van der Waals surface area contributed by atoms with Crippen LogP contribution < -0.4 is 19.7 Å². The molecule has 5 rings (SSSR count). The molecule has 2 N–H and O–H groups in total. The molecule has 1 aliphatic heterocycles. The van der Waals surface area contributed by atoms with Gasteiger partial charge in [0.05, 0.1) is 37.2 Å². The molecule has 1 aliphatic rings. The molecule has 0 bridgehead atoms. The van der Waals surface area contributed by atoms with Crippen LogP contribution >= 0.6 is 12.2 Å². The van der Waals surface area contributed by atoms with Crippen LogP contribution in [0.4, 0.5) is 5.69 Å². The molecule has 4 aromatic rings. The average molecular weight is 502 g/mol. The van der Waals surface area contributed by atoms with E-state index >= 15 is 0 Å². The van der Waals surface area contributed by atoms with Crippen LogP contribution in [0.2, 0.25) is 0 Å². The third-order valence-electron chi connectivity index (χ3n) is 6.06. The van der Waals surface area contributed by atoms with Crippen molar-refractivity contribution < 1.29 is 23.8 Å². The highest BCUT2D eigenvalue weighted by atomic mass is 32.1. The fourth-order valence-electron chi connectivity index (χ4n) is 4.36. The molecule has 3 heterocycles. The average Bonchev–Trinajstić information content (AvgIpc) is 3.53. The summed E-state index contributed by atoms with van der Waals surface area (Å²) in [7, 11) is 3.20. The third kappa shape index (κ3) is 4.25. The number of hydrogen-bond acceptors (Lipinski definition) is 6. The minimum absolute atomic E-state index is 0.184. The van der Waals surface area contributed by atoms with E-state index in [1.54, 1.807) is 38.6 Å². The summed E-state index contributed by atoms with van der Waals surface area (Å²) in [5.41, 5.74) is 2.35. The Morgan fingerprint density at radius 1 is 1.06 bits per heavy atom. The summed E-state index contributed by atoms with van der Waals surface area (Å²) in [5.74, 6) is 1.44. The van der Waals surface area contributed by atoms with Gasteiger partial charge in [-0.25, -0.2) is 4.79 Å². The molecule has 2 atom stereocenters. The lowest BCUT2D eigenvalue weighted by atomic mass is 10.0. The summed E-state index contributed by atoms with van der Waals surface area (Å²) in [6.45, 7) is 0. The zero-order valence-electron chi connectivity index (χ0n) is 19.5. The van der Waals surface area contributed by atoms with E-state index in [9.17, 15) is 9.90 Å². The minimum atomic E-state index is -1.000. The van der Waals surface area contributed by atoms with Gasteiger partial charge in [-0.1, -0.05) is 18.2 Å². The van der Waals surface area contributed by atoms with Gasteiger partial charge in [0.2, 0.25) is 0 Å². The zero-order chi connectivity index (χ0) is 25.2. The first-order valence-electron chi connectivity index (χ1n) is 11.2. The second-order valence-electron chi connectivity index (χ2n) is 8.12. The second-order valence-corrected chi connectivity index (χ2v) is 8.51. The number of nitrogens with one attached hydrogen (secondary N) is 1. The zero-order valence-corrected chi connectivity index (χ0v) is 20.4. The van der Waals surface area contributed by atoms with Gasteiger partial charge in [0.25, 0.3) is 0 Å². The topological polar surface area (TPSA) is 97.1 Å². The van der Waals surface area contributed by atoms with Crippen molar-refractivity contribution in [3.05, 3.63) is 96.0 Å². The number of aromatic carboxylic acids is 1. The first kappa shape index (κ1) is 23.4. The summed E-state index contributed by atoms with van der Waals surface area (Å²) < 4.78 is 17.5. The Balaban J connectivity index is 1.63. The predicted molar refractivity (Wildman–Crippen MR) is 139 cm³/mol. The number of ether oxygens (including phenoxy) is 2. The summed E-state index contributed by atoms with van der Waals surface area (Å²) in [6, 6.07) is 20.8. The van der Waals surface area contributed by atoms with Gasteiger partial charge in [0.15, 0.2) is 5.11 Å². The van der Waals surface area contributed by atoms with Gasteiger partial charge < -0.3 is 29.2 Å². The summed E-state index contributed by atoms with van der Waals surface area (Å²) in [6.07, 6.45) is 1.73. The second kappa shape index (κ2) is 9.71. The Morgan fingerprint density at radius 2 is 1.92 bits per heavy atom. The number of carbonyl (C=O) groups is 1. The predicted octanol–water partition coefficient (Wildman–Crippen LogP) is 5.23. The number of nitrogens with zero attached hydrogens (tertiary/aromatic N) is 2. The first-order valence-corrected chi connectivity index (χ1v) is 11.6. The Bertz CT molecular complexity index is 1420. The molecule has 36 heavy (non-hydrogen) atoms. The number of benzene rings is 2. The van der Waals surface area contributed by atoms with Crippen LogP contribution in [0.1, 0.15) is 33.9 Å². The molecule has 0 spiro atoms. The number of thiocarbonyl (C=S) groups is 1. The van der Waals surface area contributed by atoms with E-state index in [2.05, 4.69) is 10.3 Å². The molecule has 1 fully saturated rings. The molecule has 2 aromatic carbocycles. The van der Waals surface area contributed by atoms with E-state index in [1.807, 2.05) is 59.5 Å². The maximum absolute atomic E-state index is 11.5. The van der Waals surface area contributed by atoms with Crippen LogP contribution in [0.5, 0.6) is 11.5 Å². The van der Waals surface area contributed by atoms with Gasteiger partial charge in [-0.3, -0.25) is 4.98 Å². The smallest absolute Gasteiger partial charge is 0.335 e. The molecule has 9 heteroatoms. The number of rotatable bonds is 7. The lowest BCUT2D eigenvalue weighted by Gasteiger charge is -2.27. The Kier molecular flexibility index (Phi) is 6.30. The molecule has 0 amide bonds. The van der Waals surface area contributed by atoms with Gasteiger partial charge in [-0.05, 0) is 60.7 Å². The fourth-order valence-corrected chi connectivity index (χ4v) is 4.70. The van der Waals surface area contributed by atoms with Crippen molar-refractivity contribution in [2.75, 3.05) is 19.1 Å². The van der Waals surface area contributed by atoms with Crippen molar-refractivity contribution in [1.82, 2.24) is 10.3 Å². The lowest BCUT2D eigenvalue weighted by Crippen LogP contribution is -2.29. The van der Waals surface area contributed by atoms with Crippen molar-refractivity contribution in [2.45, 2.75) is 12.1 Å². The Labute approximate surface area is 213 Å². The minimum Gasteiger partial charge on any atom is -0.497 e. The summed E-state index contributed by atoms with van der Waals surface area (Å²) in [4.78, 5) is 18.0. The van der Waals surface area contributed by atoms with Crippen LogP contribution in [0.3, 0.4) is 0 Å². The van der Waals surface area contributed by atoms with E-state index in [-0.39, 0.29) is 11.6 Å². The summed E-state index contributed by atoms with van der Waals surface area (Å²) >= 11 is 5.79.